The van der Waals surface area contributed by atoms with Crippen molar-refractivity contribution in [1.82, 2.24) is 15.0 Å². The van der Waals surface area contributed by atoms with Crippen LogP contribution in [0.2, 0.25) is 0 Å². The lowest BCUT2D eigenvalue weighted by atomic mass is 10.1. The first-order chi connectivity index (χ1) is 7.31. The number of nitrogens with zero attached hydrogens (tertiary/aromatic N) is 2. The van der Waals surface area contributed by atoms with Crippen molar-refractivity contribution in [3.05, 3.63) is 42.2 Å². The highest BCUT2D eigenvalue weighted by atomic mass is 16.5. The molecule has 5 heteroatoms. The van der Waals surface area contributed by atoms with Gasteiger partial charge in [0.15, 0.2) is 0 Å². The fourth-order valence-corrected chi connectivity index (χ4v) is 1.32. The van der Waals surface area contributed by atoms with Crippen molar-refractivity contribution in [2.45, 2.75) is 6.04 Å². The van der Waals surface area contributed by atoms with E-state index in [0.717, 1.165) is 5.56 Å². The van der Waals surface area contributed by atoms with Crippen LogP contribution in [0, 0.1) is 0 Å². The van der Waals surface area contributed by atoms with Crippen LogP contribution in [0.15, 0.2) is 30.9 Å². The fraction of sp³-hybridized carbons (Fsp3) is 0.200. The number of ether oxygens (including phenoxy) is 1. The zero-order valence-corrected chi connectivity index (χ0v) is 8.34. The number of pyridine rings is 1. The van der Waals surface area contributed by atoms with Crippen molar-refractivity contribution in [1.29, 1.82) is 0 Å². The van der Waals surface area contributed by atoms with Crippen LogP contribution in [0.5, 0.6) is 5.75 Å². The highest BCUT2D eigenvalue weighted by molar-refractivity contribution is 5.28. The summed E-state index contributed by atoms with van der Waals surface area (Å²) in [6.07, 6.45) is 6.75. The van der Waals surface area contributed by atoms with Crippen molar-refractivity contribution >= 4 is 0 Å². The van der Waals surface area contributed by atoms with Crippen LogP contribution in [0.3, 0.4) is 0 Å². The molecule has 0 fully saturated rings. The van der Waals surface area contributed by atoms with Gasteiger partial charge in [0, 0.05) is 18.6 Å². The molecule has 0 spiro atoms. The Morgan fingerprint density at radius 2 is 2.33 bits per heavy atom. The number of hydrogen-bond donors (Lipinski definition) is 2. The Hall–Kier alpha value is -1.88. The summed E-state index contributed by atoms with van der Waals surface area (Å²) in [6.45, 7) is 0. The van der Waals surface area contributed by atoms with Gasteiger partial charge in [-0.1, -0.05) is 0 Å². The van der Waals surface area contributed by atoms with E-state index in [2.05, 4.69) is 15.0 Å². The smallest absolute Gasteiger partial charge is 0.137 e. The van der Waals surface area contributed by atoms with E-state index in [1.165, 1.54) is 0 Å². The zero-order chi connectivity index (χ0) is 10.7. The quantitative estimate of drug-likeness (QED) is 0.777. The molecule has 2 aromatic rings. The van der Waals surface area contributed by atoms with Gasteiger partial charge < -0.3 is 15.5 Å². The van der Waals surface area contributed by atoms with Gasteiger partial charge in [-0.3, -0.25) is 4.98 Å². The van der Waals surface area contributed by atoms with E-state index in [1.807, 2.05) is 6.07 Å². The molecule has 15 heavy (non-hydrogen) atoms. The summed E-state index contributed by atoms with van der Waals surface area (Å²) in [4.78, 5) is 11.1. The molecule has 0 aliphatic carbocycles. The molecule has 1 atom stereocenters. The highest BCUT2D eigenvalue weighted by Crippen LogP contribution is 2.19. The maximum atomic E-state index is 6.00. The standard InChI is InChI=1S/C10H12N4O/c1-15-8-4-7(5-12-6-8)9(11)10-13-2-3-14-10/h2-6,9H,11H2,1H3,(H,13,14). The average Bonchev–Trinajstić information content (AvgIpc) is 2.81. The van der Waals surface area contributed by atoms with E-state index < -0.39 is 0 Å². The highest BCUT2D eigenvalue weighted by Gasteiger charge is 2.11. The maximum absolute atomic E-state index is 6.00. The molecule has 0 aliphatic heterocycles. The molecule has 2 rings (SSSR count). The predicted octanol–water partition coefficient (Wildman–Crippen LogP) is 0.861. The molecule has 0 aromatic carbocycles. The lowest BCUT2D eigenvalue weighted by Crippen LogP contribution is -2.13. The van der Waals surface area contributed by atoms with Crippen molar-refractivity contribution in [3.63, 3.8) is 0 Å². The molecule has 0 saturated heterocycles. The SMILES string of the molecule is COc1cncc(C(N)c2ncc[nH]2)c1. The normalized spacial score (nSPS) is 12.4. The molecule has 0 amide bonds. The van der Waals surface area contributed by atoms with Crippen LogP contribution in [0.4, 0.5) is 0 Å². The van der Waals surface area contributed by atoms with Crippen LogP contribution >= 0.6 is 0 Å². The molecular formula is C10H12N4O. The molecule has 0 radical (unpaired) electrons. The lowest BCUT2D eigenvalue weighted by Gasteiger charge is -2.09. The first-order valence-corrected chi connectivity index (χ1v) is 4.55. The Balaban J connectivity index is 2.29. The molecule has 0 saturated carbocycles. The van der Waals surface area contributed by atoms with Crippen molar-refractivity contribution in [2.75, 3.05) is 7.11 Å². The summed E-state index contributed by atoms with van der Waals surface area (Å²) in [6, 6.07) is 1.54. The molecular weight excluding hydrogens is 192 g/mol. The van der Waals surface area contributed by atoms with E-state index in [1.54, 1.807) is 31.9 Å². The Kier molecular flexibility index (Phi) is 2.64. The number of nitrogens with two attached hydrogens (primary N) is 1. The molecule has 0 aliphatic rings. The molecule has 2 heterocycles. The number of imidazole rings is 1. The van der Waals surface area contributed by atoms with Gasteiger partial charge in [-0.05, 0) is 11.6 Å². The summed E-state index contributed by atoms with van der Waals surface area (Å²) >= 11 is 0. The van der Waals surface area contributed by atoms with Crippen molar-refractivity contribution < 1.29 is 4.74 Å². The summed E-state index contributed by atoms with van der Waals surface area (Å²) in [5, 5.41) is 0. The third-order valence-corrected chi connectivity index (χ3v) is 2.14. The molecule has 3 N–H and O–H groups in total. The summed E-state index contributed by atoms with van der Waals surface area (Å²) in [5.74, 6) is 1.40. The minimum absolute atomic E-state index is 0.303. The maximum Gasteiger partial charge on any atom is 0.137 e. The second-order valence-electron chi connectivity index (χ2n) is 3.11. The Morgan fingerprint density at radius 3 is 3.00 bits per heavy atom. The second-order valence-corrected chi connectivity index (χ2v) is 3.11. The van der Waals surface area contributed by atoms with Crippen LogP contribution in [-0.4, -0.2) is 22.1 Å². The molecule has 78 valence electrons. The van der Waals surface area contributed by atoms with E-state index >= 15 is 0 Å². The fourth-order valence-electron chi connectivity index (χ4n) is 1.32. The zero-order valence-electron chi connectivity index (χ0n) is 8.34. The van der Waals surface area contributed by atoms with Crippen LogP contribution in [-0.2, 0) is 0 Å². The monoisotopic (exact) mass is 204 g/mol. The molecule has 0 bridgehead atoms. The minimum Gasteiger partial charge on any atom is -0.495 e. The van der Waals surface area contributed by atoms with Crippen LogP contribution < -0.4 is 10.5 Å². The van der Waals surface area contributed by atoms with Crippen LogP contribution in [0.1, 0.15) is 17.4 Å². The van der Waals surface area contributed by atoms with E-state index in [-0.39, 0.29) is 6.04 Å². The van der Waals surface area contributed by atoms with Gasteiger partial charge >= 0.3 is 0 Å². The number of rotatable bonds is 3. The van der Waals surface area contributed by atoms with Gasteiger partial charge in [0.25, 0.3) is 0 Å². The van der Waals surface area contributed by atoms with E-state index in [4.69, 9.17) is 10.5 Å². The second kappa shape index (κ2) is 4.10. The number of hydrogen-bond acceptors (Lipinski definition) is 4. The Bertz CT molecular complexity index is 427. The number of H-pyrrole nitrogens is 1. The third-order valence-electron chi connectivity index (χ3n) is 2.14. The topological polar surface area (TPSA) is 76.8 Å². The van der Waals surface area contributed by atoms with Gasteiger partial charge in [-0.15, -0.1) is 0 Å². The van der Waals surface area contributed by atoms with Gasteiger partial charge in [-0.25, -0.2) is 4.98 Å². The van der Waals surface area contributed by atoms with Crippen molar-refractivity contribution in [2.24, 2.45) is 5.73 Å². The average molecular weight is 204 g/mol. The van der Waals surface area contributed by atoms with E-state index in [9.17, 15) is 0 Å². The van der Waals surface area contributed by atoms with Gasteiger partial charge in [0.1, 0.15) is 11.6 Å². The Labute approximate surface area is 87.3 Å². The van der Waals surface area contributed by atoms with Gasteiger partial charge in [0.2, 0.25) is 0 Å². The van der Waals surface area contributed by atoms with Crippen LogP contribution in [0.25, 0.3) is 0 Å². The summed E-state index contributed by atoms with van der Waals surface area (Å²) < 4.78 is 5.07. The number of nitrogens with one attached hydrogen (secondary N) is 1. The minimum atomic E-state index is -0.303. The Morgan fingerprint density at radius 1 is 1.47 bits per heavy atom. The van der Waals surface area contributed by atoms with E-state index in [0.29, 0.717) is 11.6 Å². The summed E-state index contributed by atoms with van der Waals surface area (Å²) in [5.41, 5.74) is 6.86. The lowest BCUT2D eigenvalue weighted by molar-refractivity contribution is 0.412. The first-order valence-electron chi connectivity index (χ1n) is 4.55. The molecule has 5 nitrogen and oxygen atoms in total. The molecule has 2 aromatic heterocycles. The predicted molar refractivity (Wildman–Crippen MR) is 55.4 cm³/mol. The third kappa shape index (κ3) is 1.97. The first kappa shape index (κ1) is 9.67. The van der Waals surface area contributed by atoms with Gasteiger partial charge in [0.05, 0.1) is 19.3 Å². The molecule has 1 unspecified atom stereocenters. The number of methoxy groups -OCH3 is 1. The van der Waals surface area contributed by atoms with Crippen molar-refractivity contribution in [3.8, 4) is 5.75 Å². The number of aromatic nitrogens is 3. The summed E-state index contributed by atoms with van der Waals surface area (Å²) in [7, 11) is 1.60. The largest absolute Gasteiger partial charge is 0.495 e. The van der Waals surface area contributed by atoms with Gasteiger partial charge in [-0.2, -0.15) is 0 Å². The number of aromatic amines is 1.